The van der Waals surface area contributed by atoms with E-state index >= 15 is 0 Å². The first-order valence-electron chi connectivity index (χ1n) is 3.85. The molecule has 80 valence electrons. The van der Waals surface area contributed by atoms with Gasteiger partial charge in [0, 0.05) is 6.04 Å². The van der Waals surface area contributed by atoms with E-state index in [4.69, 9.17) is 17.3 Å². The molecule has 1 heterocycles. The maximum atomic E-state index is 12.3. The molecule has 0 aliphatic rings. The molecule has 0 aliphatic carbocycles. The van der Waals surface area contributed by atoms with Gasteiger partial charge in [0.2, 0.25) is 0 Å². The fourth-order valence-corrected chi connectivity index (χ4v) is 1.23. The van der Waals surface area contributed by atoms with Crippen LogP contribution >= 0.6 is 11.6 Å². The number of nitrogens with two attached hydrogens (primary N) is 1. The molecule has 1 rings (SSSR count). The highest BCUT2D eigenvalue weighted by molar-refractivity contribution is 6.33. The third-order valence-electron chi connectivity index (χ3n) is 1.64. The molecule has 0 bridgehead atoms. The van der Waals surface area contributed by atoms with E-state index in [0.29, 0.717) is 0 Å². The van der Waals surface area contributed by atoms with Gasteiger partial charge in [-0.2, -0.15) is 18.3 Å². The van der Waals surface area contributed by atoms with Crippen LogP contribution in [0.2, 0.25) is 5.02 Å². The number of rotatable bonds is 1. The Morgan fingerprint density at radius 2 is 1.93 bits per heavy atom. The van der Waals surface area contributed by atoms with Gasteiger partial charge in [-0.25, -0.2) is 4.68 Å². The number of nitrogen functional groups attached to an aromatic ring is 1. The molecule has 2 N–H and O–H groups in total. The number of hydrogen-bond acceptors (Lipinski definition) is 2. The summed E-state index contributed by atoms with van der Waals surface area (Å²) in [6, 6.07) is -0.261. The van der Waals surface area contributed by atoms with Crippen LogP contribution in [0.25, 0.3) is 0 Å². The van der Waals surface area contributed by atoms with E-state index in [2.05, 4.69) is 5.10 Å². The predicted octanol–water partition coefficient (Wildman–Crippen LogP) is 2.72. The molecule has 7 heteroatoms. The van der Waals surface area contributed by atoms with Crippen molar-refractivity contribution in [1.82, 2.24) is 9.78 Å². The molecule has 0 atom stereocenters. The molecule has 1 aromatic rings. The molecule has 0 radical (unpaired) electrons. The van der Waals surface area contributed by atoms with Gasteiger partial charge in [-0.05, 0) is 13.8 Å². The van der Waals surface area contributed by atoms with Gasteiger partial charge in [-0.1, -0.05) is 11.6 Å². The Balaban J connectivity index is 3.29. The summed E-state index contributed by atoms with van der Waals surface area (Å²) in [4.78, 5) is 0. The van der Waals surface area contributed by atoms with Crippen LogP contribution in [0.15, 0.2) is 0 Å². The van der Waals surface area contributed by atoms with Crippen LogP contribution in [0.4, 0.5) is 19.0 Å². The van der Waals surface area contributed by atoms with Crippen molar-refractivity contribution in [3.05, 3.63) is 10.7 Å². The average Bonchev–Trinajstić information content (AvgIpc) is 2.28. The largest absolute Gasteiger partial charge is 0.436 e. The van der Waals surface area contributed by atoms with Gasteiger partial charge in [-0.3, -0.25) is 0 Å². The molecule has 0 spiro atoms. The first kappa shape index (κ1) is 11.2. The number of halogens is 4. The molecule has 3 nitrogen and oxygen atoms in total. The lowest BCUT2D eigenvalue weighted by Gasteiger charge is -2.06. The zero-order valence-corrected chi connectivity index (χ0v) is 8.32. The Labute approximate surface area is 83.6 Å². The van der Waals surface area contributed by atoms with Crippen LogP contribution in [0.1, 0.15) is 25.6 Å². The summed E-state index contributed by atoms with van der Waals surface area (Å²) in [5.41, 5.74) is 4.24. The van der Waals surface area contributed by atoms with Crippen molar-refractivity contribution in [2.24, 2.45) is 0 Å². The van der Waals surface area contributed by atoms with Gasteiger partial charge in [-0.15, -0.1) is 0 Å². The SMILES string of the molecule is CC(C)n1nc(C(F)(F)F)c(Cl)c1N. The van der Waals surface area contributed by atoms with Crippen LogP contribution in [-0.4, -0.2) is 9.78 Å². The lowest BCUT2D eigenvalue weighted by molar-refractivity contribution is -0.141. The van der Waals surface area contributed by atoms with Gasteiger partial charge in [0.05, 0.1) is 0 Å². The van der Waals surface area contributed by atoms with Crippen molar-refractivity contribution < 1.29 is 13.2 Å². The van der Waals surface area contributed by atoms with E-state index in [1.807, 2.05) is 0 Å². The quantitative estimate of drug-likeness (QED) is 0.802. The molecule has 1 aromatic heterocycles. The minimum absolute atomic E-state index is 0.158. The normalized spacial score (nSPS) is 12.5. The Kier molecular flexibility index (Phi) is 2.67. The number of nitrogens with zero attached hydrogens (tertiary/aromatic N) is 2. The summed E-state index contributed by atoms with van der Waals surface area (Å²) in [7, 11) is 0. The highest BCUT2D eigenvalue weighted by Gasteiger charge is 2.38. The van der Waals surface area contributed by atoms with Crippen molar-refractivity contribution in [2.75, 3.05) is 5.73 Å². The van der Waals surface area contributed by atoms with Crippen molar-refractivity contribution in [3.8, 4) is 0 Å². The van der Waals surface area contributed by atoms with E-state index in [0.717, 1.165) is 4.68 Å². The molecule has 0 saturated carbocycles. The zero-order chi connectivity index (χ0) is 11.1. The summed E-state index contributed by atoms with van der Waals surface area (Å²) in [6.07, 6.45) is -4.56. The number of anilines is 1. The first-order chi connectivity index (χ1) is 6.25. The molecule has 0 aromatic carbocycles. The molecule has 0 aliphatic heterocycles. The Hall–Kier alpha value is -0.910. The molecular formula is C7H9ClF3N3. The number of alkyl halides is 3. The van der Waals surface area contributed by atoms with Crippen molar-refractivity contribution in [1.29, 1.82) is 0 Å². The maximum absolute atomic E-state index is 12.3. The van der Waals surface area contributed by atoms with Crippen molar-refractivity contribution in [3.63, 3.8) is 0 Å². The number of aromatic nitrogens is 2. The van der Waals surface area contributed by atoms with Gasteiger partial charge in [0.25, 0.3) is 0 Å². The molecule has 0 amide bonds. The summed E-state index contributed by atoms with van der Waals surface area (Å²) >= 11 is 5.41. The van der Waals surface area contributed by atoms with Crippen LogP contribution in [-0.2, 0) is 6.18 Å². The third-order valence-corrected chi connectivity index (χ3v) is 2.02. The lowest BCUT2D eigenvalue weighted by Crippen LogP contribution is -2.10. The summed E-state index contributed by atoms with van der Waals surface area (Å²) in [5.74, 6) is -0.158. The van der Waals surface area contributed by atoms with Gasteiger partial charge in [0.1, 0.15) is 10.8 Å². The van der Waals surface area contributed by atoms with Crippen molar-refractivity contribution in [2.45, 2.75) is 26.1 Å². The van der Waals surface area contributed by atoms with Crippen LogP contribution in [0, 0.1) is 0 Å². The van der Waals surface area contributed by atoms with Crippen LogP contribution < -0.4 is 5.73 Å². The predicted molar refractivity (Wildman–Crippen MR) is 47.0 cm³/mol. The van der Waals surface area contributed by atoms with Gasteiger partial charge < -0.3 is 5.73 Å². The average molecular weight is 228 g/mol. The van der Waals surface area contributed by atoms with Gasteiger partial charge in [0.15, 0.2) is 5.69 Å². The molecular weight excluding hydrogens is 219 g/mol. The second-order valence-electron chi connectivity index (χ2n) is 3.08. The lowest BCUT2D eigenvalue weighted by atomic mass is 10.4. The monoisotopic (exact) mass is 227 g/mol. The zero-order valence-electron chi connectivity index (χ0n) is 7.56. The van der Waals surface area contributed by atoms with Crippen LogP contribution in [0.3, 0.4) is 0 Å². The van der Waals surface area contributed by atoms with E-state index in [-0.39, 0.29) is 11.9 Å². The Bertz CT molecular complexity index is 343. The van der Waals surface area contributed by atoms with Crippen molar-refractivity contribution >= 4 is 17.4 Å². The fraction of sp³-hybridized carbons (Fsp3) is 0.571. The molecule has 14 heavy (non-hydrogen) atoms. The summed E-state index contributed by atoms with van der Waals surface area (Å²) < 4.78 is 37.9. The highest BCUT2D eigenvalue weighted by atomic mass is 35.5. The maximum Gasteiger partial charge on any atom is 0.436 e. The second-order valence-corrected chi connectivity index (χ2v) is 3.46. The number of hydrogen-bond donors (Lipinski definition) is 1. The minimum Gasteiger partial charge on any atom is -0.383 e. The van der Waals surface area contributed by atoms with E-state index in [9.17, 15) is 13.2 Å². The minimum atomic E-state index is -4.56. The molecule has 0 saturated heterocycles. The first-order valence-corrected chi connectivity index (χ1v) is 4.23. The van der Waals surface area contributed by atoms with Gasteiger partial charge >= 0.3 is 6.18 Å². The molecule has 0 unspecified atom stereocenters. The standard InChI is InChI=1S/C7H9ClF3N3/c1-3(2)14-6(12)4(8)5(13-14)7(9,10)11/h3H,12H2,1-2H3. The second kappa shape index (κ2) is 3.34. The van der Waals surface area contributed by atoms with E-state index in [1.54, 1.807) is 13.8 Å². The Morgan fingerprint density at radius 3 is 2.14 bits per heavy atom. The summed E-state index contributed by atoms with van der Waals surface area (Å²) in [6.45, 7) is 3.33. The molecule has 0 fully saturated rings. The van der Waals surface area contributed by atoms with E-state index < -0.39 is 16.9 Å². The smallest absolute Gasteiger partial charge is 0.383 e. The third kappa shape index (κ3) is 1.79. The van der Waals surface area contributed by atoms with E-state index in [1.165, 1.54) is 0 Å². The Morgan fingerprint density at radius 1 is 1.43 bits per heavy atom. The summed E-state index contributed by atoms with van der Waals surface area (Å²) in [5, 5.41) is 2.78. The fourth-order valence-electron chi connectivity index (χ4n) is 1.00. The van der Waals surface area contributed by atoms with Crippen LogP contribution in [0.5, 0.6) is 0 Å². The topological polar surface area (TPSA) is 43.8 Å². The highest BCUT2D eigenvalue weighted by Crippen LogP contribution is 2.37.